The molecular weight excluding hydrogens is 440 g/mol. The maximum absolute atomic E-state index is 13.1. The Hall–Kier alpha value is -3.72. The molecule has 4 aromatic rings. The van der Waals surface area contributed by atoms with E-state index >= 15 is 0 Å². The molecule has 0 radical (unpaired) electrons. The molecule has 0 saturated carbocycles. The number of H-pyrrole nitrogens is 1. The van der Waals surface area contributed by atoms with Crippen LogP contribution in [0.25, 0.3) is 22.2 Å². The van der Waals surface area contributed by atoms with Crippen molar-refractivity contribution in [2.24, 2.45) is 0 Å². The van der Waals surface area contributed by atoms with Crippen LogP contribution in [0.3, 0.4) is 0 Å². The van der Waals surface area contributed by atoms with Crippen LogP contribution in [0, 0.1) is 0 Å². The zero-order valence-corrected chi connectivity index (χ0v) is 19.4. The van der Waals surface area contributed by atoms with Crippen LogP contribution in [0.5, 0.6) is 11.5 Å². The molecule has 8 nitrogen and oxygen atoms in total. The molecule has 9 heteroatoms. The van der Waals surface area contributed by atoms with Gasteiger partial charge in [-0.15, -0.1) is 0 Å². The van der Waals surface area contributed by atoms with Gasteiger partial charge in [0.25, 0.3) is 5.56 Å². The van der Waals surface area contributed by atoms with Crippen LogP contribution >= 0.6 is 11.8 Å². The Bertz CT molecular complexity index is 1350. The average Bonchev–Trinajstić information content (AvgIpc) is 3.28. The Kier molecular flexibility index (Phi) is 6.69. The second kappa shape index (κ2) is 9.83. The summed E-state index contributed by atoms with van der Waals surface area (Å²) in [6.45, 7) is 2.32. The van der Waals surface area contributed by atoms with Crippen LogP contribution in [-0.4, -0.2) is 40.4 Å². The van der Waals surface area contributed by atoms with E-state index in [1.165, 1.54) is 18.9 Å². The molecule has 0 spiro atoms. The van der Waals surface area contributed by atoms with Crippen molar-refractivity contribution in [2.75, 3.05) is 25.3 Å². The highest BCUT2D eigenvalue weighted by atomic mass is 32.2. The largest absolute Gasteiger partial charge is 0.497 e. The zero-order valence-electron chi connectivity index (χ0n) is 18.5. The molecular formula is C24H24N4O4S. The predicted octanol–water partition coefficient (Wildman–Crippen LogP) is 4.16. The van der Waals surface area contributed by atoms with Crippen LogP contribution in [0.4, 0.5) is 5.69 Å². The number of aromatic nitrogens is 3. The van der Waals surface area contributed by atoms with Gasteiger partial charge in [-0.1, -0.05) is 42.1 Å². The first kappa shape index (κ1) is 22.5. The van der Waals surface area contributed by atoms with E-state index in [1.54, 1.807) is 36.1 Å². The van der Waals surface area contributed by atoms with Crippen LogP contribution in [0.1, 0.15) is 6.92 Å². The molecule has 0 atom stereocenters. The molecule has 2 aromatic heterocycles. The number of carbonyl (C=O) groups is 1. The van der Waals surface area contributed by atoms with Crippen molar-refractivity contribution in [1.82, 2.24) is 14.5 Å². The maximum atomic E-state index is 13.1. The number of benzene rings is 2. The van der Waals surface area contributed by atoms with Crippen LogP contribution < -0.4 is 20.3 Å². The van der Waals surface area contributed by atoms with Gasteiger partial charge in [0.15, 0.2) is 5.16 Å². The summed E-state index contributed by atoms with van der Waals surface area (Å²) in [5.41, 5.74) is 3.23. The number of methoxy groups -OCH3 is 2. The van der Waals surface area contributed by atoms with Crippen molar-refractivity contribution in [1.29, 1.82) is 0 Å². The fourth-order valence-corrected chi connectivity index (χ4v) is 4.37. The van der Waals surface area contributed by atoms with Gasteiger partial charge >= 0.3 is 0 Å². The standard InChI is InChI=1S/C24H24N4O4S/c1-4-28-23(30)22-21(17(13-25-22)15-8-6-5-7-9-15)27-24(28)33-14-20(29)26-18-11-10-16(31-2)12-19(18)32-3/h5-13,25H,4,14H2,1-3H3,(H,26,29). The number of ether oxygens (including phenoxy) is 2. The summed E-state index contributed by atoms with van der Waals surface area (Å²) in [4.78, 5) is 33.5. The number of thioether (sulfide) groups is 1. The predicted molar refractivity (Wildman–Crippen MR) is 130 cm³/mol. The number of nitrogens with zero attached hydrogens (tertiary/aromatic N) is 2. The van der Waals surface area contributed by atoms with Crippen LogP contribution in [-0.2, 0) is 11.3 Å². The number of anilines is 1. The van der Waals surface area contributed by atoms with E-state index < -0.39 is 0 Å². The summed E-state index contributed by atoms with van der Waals surface area (Å²) in [6.07, 6.45) is 1.80. The van der Waals surface area contributed by atoms with Crippen molar-refractivity contribution in [3.63, 3.8) is 0 Å². The Morgan fingerprint density at radius 1 is 1.15 bits per heavy atom. The Morgan fingerprint density at radius 3 is 2.64 bits per heavy atom. The van der Waals surface area contributed by atoms with E-state index in [-0.39, 0.29) is 17.2 Å². The topological polar surface area (TPSA) is 98.2 Å². The number of rotatable bonds is 8. The highest BCUT2D eigenvalue weighted by Crippen LogP contribution is 2.30. The molecule has 0 aliphatic carbocycles. The molecule has 1 amide bonds. The Morgan fingerprint density at radius 2 is 1.94 bits per heavy atom. The monoisotopic (exact) mass is 464 g/mol. The van der Waals surface area contributed by atoms with Crippen molar-refractivity contribution < 1.29 is 14.3 Å². The van der Waals surface area contributed by atoms with Crippen molar-refractivity contribution in [3.05, 3.63) is 65.1 Å². The van der Waals surface area contributed by atoms with Crippen molar-refractivity contribution in [3.8, 4) is 22.6 Å². The Labute approximate surface area is 194 Å². The summed E-state index contributed by atoms with van der Waals surface area (Å²) in [6, 6.07) is 14.9. The first-order valence-electron chi connectivity index (χ1n) is 10.4. The number of aromatic amines is 1. The summed E-state index contributed by atoms with van der Waals surface area (Å²) in [7, 11) is 3.09. The highest BCUT2D eigenvalue weighted by molar-refractivity contribution is 7.99. The van der Waals surface area contributed by atoms with Crippen LogP contribution in [0.15, 0.2) is 64.7 Å². The van der Waals surface area contributed by atoms with Gasteiger partial charge in [0.05, 0.1) is 25.7 Å². The molecule has 0 fully saturated rings. The molecule has 2 aromatic carbocycles. The number of nitrogens with one attached hydrogen (secondary N) is 2. The smallest absolute Gasteiger partial charge is 0.278 e. The molecule has 0 saturated heterocycles. The molecule has 4 rings (SSSR count). The first-order chi connectivity index (χ1) is 16.0. The second-order valence-electron chi connectivity index (χ2n) is 7.14. The lowest BCUT2D eigenvalue weighted by atomic mass is 10.1. The molecule has 33 heavy (non-hydrogen) atoms. The average molecular weight is 465 g/mol. The minimum atomic E-state index is -0.238. The van der Waals surface area contributed by atoms with Gasteiger partial charge in [-0.05, 0) is 24.6 Å². The molecule has 0 aliphatic heterocycles. The molecule has 0 bridgehead atoms. The summed E-state index contributed by atoms with van der Waals surface area (Å²) in [5.74, 6) is 0.970. The fraction of sp³-hybridized carbons (Fsp3) is 0.208. The van der Waals surface area contributed by atoms with Gasteiger partial charge in [0.1, 0.15) is 22.5 Å². The summed E-state index contributed by atoms with van der Waals surface area (Å²) in [5, 5.41) is 3.33. The Balaban J connectivity index is 1.59. The summed E-state index contributed by atoms with van der Waals surface area (Å²) < 4.78 is 12.1. The van der Waals surface area contributed by atoms with Gasteiger partial charge in [-0.2, -0.15) is 0 Å². The third-order valence-electron chi connectivity index (χ3n) is 5.17. The summed E-state index contributed by atoms with van der Waals surface area (Å²) >= 11 is 1.22. The van der Waals surface area contributed by atoms with E-state index in [1.807, 2.05) is 37.3 Å². The van der Waals surface area contributed by atoms with Gasteiger partial charge in [-0.25, -0.2) is 4.98 Å². The maximum Gasteiger partial charge on any atom is 0.278 e. The fourth-order valence-electron chi connectivity index (χ4n) is 3.52. The van der Waals surface area contributed by atoms with E-state index in [0.29, 0.717) is 39.9 Å². The van der Waals surface area contributed by atoms with E-state index in [9.17, 15) is 9.59 Å². The lowest BCUT2D eigenvalue weighted by molar-refractivity contribution is -0.113. The lowest BCUT2D eigenvalue weighted by Gasteiger charge is -2.13. The number of fused-ring (bicyclic) bond motifs is 1. The van der Waals surface area contributed by atoms with Gasteiger partial charge in [0.2, 0.25) is 5.91 Å². The molecule has 0 unspecified atom stereocenters. The normalized spacial score (nSPS) is 10.9. The number of hydrogen-bond donors (Lipinski definition) is 2. The van der Waals surface area contributed by atoms with E-state index in [4.69, 9.17) is 14.5 Å². The van der Waals surface area contributed by atoms with E-state index in [2.05, 4.69) is 10.3 Å². The number of amides is 1. The SMILES string of the molecule is CCn1c(SCC(=O)Nc2ccc(OC)cc2OC)nc2c(-c3ccccc3)c[nH]c2c1=O. The number of hydrogen-bond acceptors (Lipinski definition) is 6. The van der Waals surface area contributed by atoms with Crippen molar-refractivity contribution in [2.45, 2.75) is 18.6 Å². The third kappa shape index (κ3) is 4.58. The third-order valence-corrected chi connectivity index (χ3v) is 6.14. The number of carbonyl (C=O) groups excluding carboxylic acids is 1. The lowest BCUT2D eigenvalue weighted by Crippen LogP contribution is -2.23. The zero-order chi connectivity index (χ0) is 23.4. The van der Waals surface area contributed by atoms with Gasteiger partial charge in [-0.3, -0.25) is 14.2 Å². The molecule has 170 valence electrons. The van der Waals surface area contributed by atoms with Crippen LogP contribution in [0.2, 0.25) is 0 Å². The molecule has 2 heterocycles. The minimum absolute atomic E-state index is 0.0816. The van der Waals surface area contributed by atoms with Crippen molar-refractivity contribution >= 4 is 34.4 Å². The van der Waals surface area contributed by atoms with E-state index in [0.717, 1.165) is 11.1 Å². The van der Waals surface area contributed by atoms with Gasteiger partial charge < -0.3 is 19.8 Å². The van der Waals surface area contributed by atoms with Gasteiger partial charge in [0, 0.05) is 24.4 Å². The molecule has 2 N–H and O–H groups in total. The minimum Gasteiger partial charge on any atom is -0.497 e. The molecule has 0 aliphatic rings. The highest BCUT2D eigenvalue weighted by Gasteiger charge is 2.17. The second-order valence-corrected chi connectivity index (χ2v) is 8.08. The first-order valence-corrected chi connectivity index (χ1v) is 11.4. The quantitative estimate of drug-likeness (QED) is 0.300.